The van der Waals surface area contributed by atoms with Gasteiger partial charge in [-0.3, -0.25) is 9.88 Å². The third-order valence-corrected chi connectivity index (χ3v) is 4.72. The van der Waals surface area contributed by atoms with E-state index in [1.54, 1.807) is 17.3 Å². The van der Waals surface area contributed by atoms with Crippen LogP contribution in [0.25, 0.3) is 0 Å². The molecule has 148 valence electrons. The van der Waals surface area contributed by atoms with Crippen molar-refractivity contribution in [2.45, 2.75) is 64.5 Å². The molecule has 1 aromatic rings. The van der Waals surface area contributed by atoms with Crippen LogP contribution in [0.15, 0.2) is 12.4 Å². The van der Waals surface area contributed by atoms with Crippen LogP contribution in [0.1, 0.15) is 59.1 Å². The van der Waals surface area contributed by atoms with Crippen molar-refractivity contribution in [3.05, 3.63) is 18.1 Å². The Balaban J connectivity index is 1.70. The van der Waals surface area contributed by atoms with E-state index >= 15 is 0 Å². The van der Waals surface area contributed by atoms with Crippen LogP contribution in [0, 0.1) is 0 Å². The van der Waals surface area contributed by atoms with E-state index in [0.29, 0.717) is 25.5 Å². The highest BCUT2D eigenvalue weighted by Gasteiger charge is 2.42. The molecule has 0 unspecified atom stereocenters. The lowest BCUT2D eigenvalue weighted by Crippen LogP contribution is -2.43. The van der Waals surface area contributed by atoms with Gasteiger partial charge in [-0.25, -0.2) is 14.6 Å². The molecule has 3 rings (SSSR count). The van der Waals surface area contributed by atoms with E-state index in [2.05, 4.69) is 9.97 Å². The van der Waals surface area contributed by atoms with Crippen LogP contribution in [0.3, 0.4) is 0 Å². The molecule has 8 nitrogen and oxygen atoms in total. The average Bonchev–Trinajstić information content (AvgIpc) is 2.86. The first-order valence-corrected chi connectivity index (χ1v) is 9.34. The minimum Gasteiger partial charge on any atom is -0.447 e. The fourth-order valence-electron chi connectivity index (χ4n) is 3.39. The molecule has 0 N–H and O–H groups in total. The summed E-state index contributed by atoms with van der Waals surface area (Å²) in [6.45, 7) is 11.0. The van der Waals surface area contributed by atoms with Gasteiger partial charge in [0.1, 0.15) is 12.2 Å². The van der Waals surface area contributed by atoms with Gasteiger partial charge >= 0.3 is 12.2 Å². The smallest absolute Gasteiger partial charge is 0.416 e. The number of carbonyl (C=O) groups excluding carboxylic acids is 2. The number of rotatable bonds is 2. The SMILES string of the molecule is CC(C)(C)OC(=O)N1CCC[C@H](c2cnc(N3C(=O)OCC3(C)C)cn2)C1. The third kappa shape index (κ3) is 4.31. The van der Waals surface area contributed by atoms with Crippen molar-refractivity contribution in [3.8, 4) is 0 Å². The minimum atomic E-state index is -0.511. The Morgan fingerprint density at radius 2 is 2.04 bits per heavy atom. The summed E-state index contributed by atoms with van der Waals surface area (Å²) in [7, 11) is 0. The molecule has 2 fully saturated rings. The molecule has 0 aromatic carbocycles. The summed E-state index contributed by atoms with van der Waals surface area (Å²) in [6.07, 6.45) is 4.42. The number of nitrogens with zero attached hydrogens (tertiary/aromatic N) is 4. The third-order valence-electron chi connectivity index (χ3n) is 4.72. The lowest BCUT2D eigenvalue weighted by Gasteiger charge is -2.34. The lowest BCUT2D eigenvalue weighted by molar-refractivity contribution is 0.0197. The summed E-state index contributed by atoms with van der Waals surface area (Å²) < 4.78 is 10.6. The number of carbonyl (C=O) groups is 2. The molecule has 0 radical (unpaired) electrons. The van der Waals surface area contributed by atoms with Crippen molar-refractivity contribution in [1.82, 2.24) is 14.9 Å². The van der Waals surface area contributed by atoms with Gasteiger partial charge in [0, 0.05) is 19.0 Å². The van der Waals surface area contributed by atoms with Crippen LogP contribution in [0.2, 0.25) is 0 Å². The van der Waals surface area contributed by atoms with Gasteiger partial charge in [0.25, 0.3) is 0 Å². The Labute approximate surface area is 159 Å². The number of anilines is 1. The number of piperidine rings is 1. The number of amides is 2. The number of ether oxygens (including phenoxy) is 2. The summed E-state index contributed by atoms with van der Waals surface area (Å²) in [5.41, 5.74) is -0.147. The number of cyclic esters (lactones) is 1. The highest BCUT2D eigenvalue weighted by molar-refractivity contribution is 5.89. The highest BCUT2D eigenvalue weighted by atomic mass is 16.6. The number of hydrogen-bond donors (Lipinski definition) is 0. The maximum absolute atomic E-state index is 12.3. The van der Waals surface area contributed by atoms with Crippen molar-refractivity contribution >= 4 is 18.0 Å². The Bertz CT molecular complexity index is 711. The summed E-state index contributed by atoms with van der Waals surface area (Å²) in [5.74, 6) is 0.581. The van der Waals surface area contributed by atoms with Crippen molar-refractivity contribution < 1.29 is 19.1 Å². The Morgan fingerprint density at radius 1 is 1.30 bits per heavy atom. The molecule has 2 aliphatic heterocycles. The first-order chi connectivity index (χ1) is 12.6. The summed E-state index contributed by atoms with van der Waals surface area (Å²) in [5, 5.41) is 0. The molecule has 3 heterocycles. The van der Waals surface area contributed by atoms with Gasteiger partial charge in [-0.1, -0.05) is 0 Å². The largest absolute Gasteiger partial charge is 0.447 e. The van der Waals surface area contributed by atoms with E-state index in [-0.39, 0.29) is 12.0 Å². The first-order valence-electron chi connectivity index (χ1n) is 9.34. The molecule has 1 atom stereocenters. The normalized spacial score (nSPS) is 22.6. The van der Waals surface area contributed by atoms with Gasteiger partial charge < -0.3 is 14.4 Å². The molecule has 2 amide bonds. The number of hydrogen-bond acceptors (Lipinski definition) is 6. The van der Waals surface area contributed by atoms with Crippen LogP contribution < -0.4 is 4.90 Å². The van der Waals surface area contributed by atoms with Crippen LogP contribution in [-0.4, -0.2) is 57.9 Å². The Morgan fingerprint density at radius 3 is 2.59 bits per heavy atom. The van der Waals surface area contributed by atoms with E-state index in [0.717, 1.165) is 18.5 Å². The zero-order chi connectivity index (χ0) is 19.8. The predicted molar refractivity (Wildman–Crippen MR) is 99.7 cm³/mol. The monoisotopic (exact) mass is 376 g/mol. The molecule has 27 heavy (non-hydrogen) atoms. The molecular formula is C19H28N4O4. The number of likely N-dealkylation sites (tertiary alicyclic amines) is 1. The van der Waals surface area contributed by atoms with E-state index in [9.17, 15) is 9.59 Å². The van der Waals surface area contributed by atoms with E-state index in [1.165, 1.54) is 4.90 Å². The van der Waals surface area contributed by atoms with Crippen molar-refractivity contribution in [3.63, 3.8) is 0 Å². The second kappa shape index (κ2) is 6.98. The Hall–Kier alpha value is -2.38. The Kier molecular flexibility index (Phi) is 5.01. The van der Waals surface area contributed by atoms with Gasteiger partial charge in [0.15, 0.2) is 5.82 Å². The molecule has 0 bridgehead atoms. The van der Waals surface area contributed by atoms with Crippen molar-refractivity contribution in [1.29, 1.82) is 0 Å². The molecule has 2 aliphatic rings. The summed E-state index contributed by atoms with van der Waals surface area (Å²) in [4.78, 5) is 36.5. The molecule has 2 saturated heterocycles. The van der Waals surface area contributed by atoms with Gasteiger partial charge in [-0.05, 0) is 47.5 Å². The van der Waals surface area contributed by atoms with Crippen molar-refractivity contribution in [2.75, 3.05) is 24.6 Å². The average molecular weight is 376 g/mol. The quantitative estimate of drug-likeness (QED) is 0.787. The fraction of sp³-hybridized carbons (Fsp3) is 0.684. The van der Waals surface area contributed by atoms with Crippen LogP contribution in [0.5, 0.6) is 0 Å². The van der Waals surface area contributed by atoms with E-state index in [1.807, 2.05) is 34.6 Å². The zero-order valence-electron chi connectivity index (χ0n) is 16.7. The zero-order valence-corrected chi connectivity index (χ0v) is 16.7. The standard InChI is InChI=1S/C19H28N4O4/c1-18(2,3)27-16(24)22-8-6-7-13(11-22)14-9-21-15(10-20-14)23-17(25)26-12-19(23,4)5/h9-10,13H,6-8,11-12H2,1-5H3/t13-/m0/s1. The van der Waals surface area contributed by atoms with E-state index < -0.39 is 17.2 Å². The highest BCUT2D eigenvalue weighted by Crippen LogP contribution is 2.30. The second-order valence-electron chi connectivity index (χ2n) is 8.77. The fourth-order valence-corrected chi connectivity index (χ4v) is 3.39. The van der Waals surface area contributed by atoms with E-state index in [4.69, 9.17) is 9.47 Å². The number of aromatic nitrogens is 2. The maximum atomic E-state index is 12.3. The molecule has 8 heteroatoms. The topological polar surface area (TPSA) is 84.9 Å². The van der Waals surface area contributed by atoms with Crippen LogP contribution in [-0.2, 0) is 9.47 Å². The van der Waals surface area contributed by atoms with Crippen LogP contribution >= 0.6 is 0 Å². The van der Waals surface area contributed by atoms with Gasteiger partial charge in [-0.15, -0.1) is 0 Å². The first kappa shape index (κ1) is 19.4. The maximum Gasteiger partial charge on any atom is 0.416 e. The molecule has 0 spiro atoms. The predicted octanol–water partition coefficient (Wildman–Crippen LogP) is 3.33. The van der Waals surface area contributed by atoms with Gasteiger partial charge in [0.05, 0.1) is 23.6 Å². The summed E-state index contributed by atoms with van der Waals surface area (Å²) in [6, 6.07) is 0. The molecule has 0 aliphatic carbocycles. The molecule has 0 saturated carbocycles. The van der Waals surface area contributed by atoms with Crippen molar-refractivity contribution in [2.24, 2.45) is 0 Å². The van der Waals surface area contributed by atoms with Gasteiger partial charge in [0.2, 0.25) is 0 Å². The van der Waals surface area contributed by atoms with Gasteiger partial charge in [-0.2, -0.15) is 0 Å². The lowest BCUT2D eigenvalue weighted by atomic mass is 9.95. The molecular weight excluding hydrogens is 348 g/mol. The second-order valence-corrected chi connectivity index (χ2v) is 8.77. The minimum absolute atomic E-state index is 0.103. The molecule has 1 aromatic heterocycles. The van der Waals surface area contributed by atoms with Crippen LogP contribution in [0.4, 0.5) is 15.4 Å². The summed E-state index contributed by atoms with van der Waals surface area (Å²) >= 11 is 0.